The van der Waals surface area contributed by atoms with Gasteiger partial charge < -0.3 is 10.2 Å². The largest absolute Gasteiger partial charge is 0.320 e. The highest BCUT2D eigenvalue weighted by Gasteiger charge is 2.02. The molecule has 0 spiro atoms. The second kappa shape index (κ2) is 27.3. The van der Waals surface area contributed by atoms with Gasteiger partial charge >= 0.3 is 0 Å². The van der Waals surface area contributed by atoms with Crippen LogP contribution in [-0.2, 0) is 0 Å². The van der Waals surface area contributed by atoms with Crippen LogP contribution in [0.15, 0.2) is 0 Å². The van der Waals surface area contributed by atoms with E-state index in [0.717, 1.165) is 0 Å². The Labute approximate surface area is 130 Å². The number of likely N-dealkylation sites (tertiary alicyclic amines) is 1. The van der Waals surface area contributed by atoms with E-state index >= 15 is 0 Å². The maximum atomic E-state index is 3.14. The molecule has 2 nitrogen and oxygen atoms in total. The van der Waals surface area contributed by atoms with Crippen LogP contribution in [0, 0.1) is 0 Å². The molecule has 1 aliphatic rings. The molecule has 126 valence electrons. The normalized spacial score (nSPS) is 13.9. The molecule has 0 bridgehead atoms. The van der Waals surface area contributed by atoms with Crippen LogP contribution in [0.2, 0.25) is 0 Å². The Morgan fingerprint density at radius 3 is 1.65 bits per heavy atom. The van der Waals surface area contributed by atoms with E-state index in [1.807, 2.05) is 34.7 Å². The summed E-state index contributed by atoms with van der Waals surface area (Å²) in [5.74, 6) is 0. The first-order chi connectivity index (χ1) is 9.81. The van der Waals surface area contributed by atoms with Gasteiger partial charge in [-0.1, -0.05) is 66.7 Å². The van der Waals surface area contributed by atoms with Crippen LogP contribution in [0.5, 0.6) is 0 Å². The zero-order valence-electron chi connectivity index (χ0n) is 15.7. The van der Waals surface area contributed by atoms with E-state index in [9.17, 15) is 0 Å². The predicted molar refractivity (Wildman–Crippen MR) is 96.7 cm³/mol. The van der Waals surface area contributed by atoms with Gasteiger partial charge in [0.1, 0.15) is 0 Å². The molecule has 0 aromatic heterocycles. The van der Waals surface area contributed by atoms with E-state index in [-0.39, 0.29) is 0 Å². The number of hydrogen-bond acceptors (Lipinski definition) is 2. The lowest BCUT2D eigenvalue weighted by atomic mass is 10.1. The maximum absolute atomic E-state index is 3.14. The van der Waals surface area contributed by atoms with Crippen molar-refractivity contribution < 1.29 is 0 Å². The molecule has 2 heteroatoms. The third kappa shape index (κ3) is 26.5. The number of nitrogens with zero attached hydrogens (tertiary/aromatic N) is 1. The molecule has 1 heterocycles. The average Bonchev–Trinajstić information content (AvgIpc) is 2.53. The lowest BCUT2D eigenvalue weighted by Gasteiger charge is -2.20. The van der Waals surface area contributed by atoms with Crippen molar-refractivity contribution in [3.05, 3.63) is 0 Å². The van der Waals surface area contributed by atoms with Crippen molar-refractivity contribution in [1.82, 2.24) is 10.2 Å². The maximum Gasteiger partial charge on any atom is -0.00218 e. The Kier molecular flexibility index (Phi) is 34.0. The molecule has 0 aromatic rings. The van der Waals surface area contributed by atoms with Crippen molar-refractivity contribution in [1.29, 1.82) is 0 Å². The summed E-state index contributed by atoms with van der Waals surface area (Å²) in [5, 5.41) is 3.14. The van der Waals surface area contributed by atoms with Crippen LogP contribution in [0.25, 0.3) is 0 Å². The second-order valence-corrected chi connectivity index (χ2v) is 4.88. The molecule has 1 rings (SSSR count). The van der Waals surface area contributed by atoms with Crippen LogP contribution in [0.4, 0.5) is 0 Å². The van der Waals surface area contributed by atoms with Crippen molar-refractivity contribution in [2.24, 2.45) is 0 Å². The van der Waals surface area contributed by atoms with Crippen LogP contribution < -0.4 is 5.32 Å². The summed E-state index contributed by atoms with van der Waals surface area (Å²) >= 11 is 0. The van der Waals surface area contributed by atoms with E-state index < -0.39 is 0 Å². The summed E-state index contributed by atoms with van der Waals surface area (Å²) in [4.78, 5) is 2.39. The van der Waals surface area contributed by atoms with Gasteiger partial charge in [-0.25, -0.2) is 0 Å². The van der Waals surface area contributed by atoms with Gasteiger partial charge in [-0.15, -0.1) is 0 Å². The Hall–Kier alpha value is -0.0800. The topological polar surface area (TPSA) is 15.3 Å². The first-order valence-electron chi connectivity index (χ1n) is 9.14. The second-order valence-electron chi connectivity index (χ2n) is 4.88. The molecule has 0 saturated carbocycles. The van der Waals surface area contributed by atoms with Gasteiger partial charge in [0.2, 0.25) is 0 Å². The minimum Gasteiger partial charge on any atom is -0.320 e. The SMILES string of the molecule is CC.CC.CCCCCCCNC.CN1CCCCC1. The molecule has 1 N–H and O–H groups in total. The number of nitrogens with one attached hydrogen (secondary N) is 1. The molecule has 1 aliphatic heterocycles. The standard InChI is InChI=1S/C8H19N.C6H13N.2C2H6/c1-3-4-5-6-7-8-9-2;1-7-5-3-2-4-6-7;2*1-2/h9H,3-8H2,1-2H3;2-6H2,1H3;2*1-2H3. The first kappa shape index (κ1) is 24.9. The van der Waals surface area contributed by atoms with E-state index in [0.29, 0.717) is 0 Å². The molecule has 1 saturated heterocycles. The Bertz CT molecular complexity index is 115. The highest BCUT2D eigenvalue weighted by molar-refractivity contribution is 4.58. The molecular formula is C18H44N2. The van der Waals surface area contributed by atoms with Gasteiger partial charge in [0, 0.05) is 0 Å². The molecule has 0 atom stereocenters. The summed E-state index contributed by atoms with van der Waals surface area (Å²) in [5.41, 5.74) is 0. The fraction of sp³-hybridized carbons (Fsp3) is 1.00. The molecule has 0 amide bonds. The lowest BCUT2D eigenvalue weighted by molar-refractivity contribution is 0.277. The van der Waals surface area contributed by atoms with E-state index in [4.69, 9.17) is 0 Å². The van der Waals surface area contributed by atoms with Gasteiger partial charge in [-0.2, -0.15) is 0 Å². The fourth-order valence-corrected chi connectivity index (χ4v) is 1.96. The predicted octanol–water partition coefficient (Wildman–Crippen LogP) is 5.33. The van der Waals surface area contributed by atoms with Gasteiger partial charge in [-0.3, -0.25) is 0 Å². The highest BCUT2D eigenvalue weighted by Crippen LogP contribution is 2.04. The molecule has 0 unspecified atom stereocenters. The van der Waals surface area contributed by atoms with E-state index in [2.05, 4.69) is 24.2 Å². The summed E-state index contributed by atoms with van der Waals surface area (Å²) in [6, 6.07) is 0. The smallest absolute Gasteiger partial charge is 0.00218 e. The highest BCUT2D eigenvalue weighted by atomic mass is 15.1. The number of rotatable bonds is 6. The molecule has 20 heavy (non-hydrogen) atoms. The minimum absolute atomic E-state index is 1.18. The van der Waals surface area contributed by atoms with E-state index in [1.54, 1.807) is 0 Å². The first-order valence-corrected chi connectivity index (χ1v) is 9.14. The average molecular weight is 289 g/mol. The molecule has 0 radical (unpaired) electrons. The fourth-order valence-electron chi connectivity index (χ4n) is 1.96. The lowest BCUT2D eigenvalue weighted by Crippen LogP contribution is -2.24. The Morgan fingerprint density at radius 2 is 1.30 bits per heavy atom. The number of piperidine rings is 1. The summed E-state index contributed by atoms with van der Waals surface area (Å²) in [7, 11) is 4.21. The summed E-state index contributed by atoms with van der Waals surface area (Å²) in [6.07, 6.45) is 11.2. The zero-order chi connectivity index (χ0) is 16.1. The van der Waals surface area contributed by atoms with Crippen molar-refractivity contribution in [3.63, 3.8) is 0 Å². The third-order valence-electron chi connectivity index (χ3n) is 3.11. The van der Waals surface area contributed by atoms with Crippen molar-refractivity contribution in [2.75, 3.05) is 33.7 Å². The molecule has 0 aromatic carbocycles. The summed E-state index contributed by atoms with van der Waals surface area (Å²) in [6.45, 7) is 14.1. The minimum atomic E-state index is 1.18. The van der Waals surface area contributed by atoms with Crippen LogP contribution >= 0.6 is 0 Å². The Balaban J connectivity index is -0.000000234. The van der Waals surface area contributed by atoms with Crippen molar-refractivity contribution >= 4 is 0 Å². The zero-order valence-corrected chi connectivity index (χ0v) is 15.7. The molecule has 0 aliphatic carbocycles. The monoisotopic (exact) mass is 288 g/mol. The van der Waals surface area contributed by atoms with E-state index in [1.165, 1.54) is 71.0 Å². The Morgan fingerprint density at radius 1 is 0.800 bits per heavy atom. The van der Waals surface area contributed by atoms with Crippen molar-refractivity contribution in [2.45, 2.75) is 86.0 Å². The van der Waals surface area contributed by atoms with Gasteiger partial charge in [0.05, 0.1) is 0 Å². The third-order valence-corrected chi connectivity index (χ3v) is 3.11. The molecule has 1 fully saturated rings. The van der Waals surface area contributed by atoms with Gasteiger partial charge in [-0.05, 0) is 53.0 Å². The number of hydrogen-bond donors (Lipinski definition) is 1. The summed E-state index contributed by atoms with van der Waals surface area (Å²) < 4.78 is 0. The van der Waals surface area contributed by atoms with Crippen LogP contribution in [0.3, 0.4) is 0 Å². The number of unbranched alkanes of at least 4 members (excludes halogenated alkanes) is 4. The van der Waals surface area contributed by atoms with Gasteiger partial charge in [0.15, 0.2) is 0 Å². The van der Waals surface area contributed by atoms with Crippen LogP contribution in [0.1, 0.15) is 86.0 Å². The quantitative estimate of drug-likeness (QED) is 0.664. The van der Waals surface area contributed by atoms with Crippen LogP contribution in [-0.4, -0.2) is 38.6 Å². The molecular weight excluding hydrogens is 244 g/mol. The van der Waals surface area contributed by atoms with Gasteiger partial charge in [0.25, 0.3) is 0 Å². The van der Waals surface area contributed by atoms with Crippen molar-refractivity contribution in [3.8, 4) is 0 Å².